The van der Waals surface area contributed by atoms with Crippen molar-refractivity contribution in [2.75, 3.05) is 19.6 Å². The molecule has 0 spiro atoms. The fourth-order valence-electron chi connectivity index (χ4n) is 14.4. The molecule has 10 unspecified atom stereocenters. The molecule has 3 fully saturated rings. The Morgan fingerprint density at radius 1 is 0.446 bits per heavy atom. The summed E-state index contributed by atoms with van der Waals surface area (Å²) in [6, 6.07) is 19.6. The summed E-state index contributed by atoms with van der Waals surface area (Å²) >= 11 is 3.21. The first kappa shape index (κ1) is 91.0. The number of hydrogen-bond acceptors (Lipinski definition) is 18. The van der Waals surface area contributed by atoms with Crippen molar-refractivity contribution in [3.05, 3.63) is 124 Å². The zero-order chi connectivity index (χ0) is 83.5. The molecule has 6 amide bonds. The van der Waals surface area contributed by atoms with Gasteiger partial charge in [-0.05, 0) is 99.8 Å². The Hall–Kier alpha value is -8.16. The summed E-state index contributed by atoms with van der Waals surface area (Å²) in [4.78, 5) is 139. The zero-order valence-corrected chi connectivity index (χ0v) is 71.9. The molecule has 6 N–H and O–H groups in total. The lowest BCUT2D eigenvalue weighted by Gasteiger charge is -2.36. The maximum atomic E-state index is 13.7. The molecule has 0 bridgehead atoms. The molecule has 0 radical (unpaired) electrons. The van der Waals surface area contributed by atoms with Crippen LogP contribution in [0.5, 0.6) is 0 Å². The first-order chi connectivity index (χ1) is 51.9. The van der Waals surface area contributed by atoms with E-state index in [1.807, 2.05) is 224 Å². The SMILES string of the molecule is Cc1ncoc1-c1ccc(CCC(=O)C2CC(O)CN2C(=O)C(NC(=O)CC(C)(C)C)C(C)(C)C)cc1.Cc1ncsc1-c1ccc(C(C)CC(=O)C2CC(O)CN2C(=O)C(NC(=O)CC(C)(C)C)C(C)(C)C)cc1.Cc1ncsc1-c1ccc(CCC(=O)C2CC(O)CN2C(=O)C(NC(=O)CC(C)(C)C)C(C)(C)C)cc1. The average molecular weight is 1580 g/mol. The van der Waals surface area contributed by atoms with E-state index in [4.69, 9.17) is 4.42 Å². The van der Waals surface area contributed by atoms with E-state index in [0.29, 0.717) is 19.3 Å². The molecule has 6 aromatic rings. The maximum Gasteiger partial charge on any atom is 0.246 e. The second-order valence-corrected chi connectivity index (χ2v) is 39.5. The van der Waals surface area contributed by atoms with Crippen LogP contribution < -0.4 is 16.0 Å². The number of aliphatic hydroxyl groups excluding tert-OH is 3. The third kappa shape index (κ3) is 26.2. The van der Waals surface area contributed by atoms with Crippen molar-refractivity contribution < 1.29 is 62.9 Å². The van der Waals surface area contributed by atoms with E-state index >= 15 is 0 Å². The van der Waals surface area contributed by atoms with Crippen molar-refractivity contribution in [2.24, 2.45) is 32.5 Å². The zero-order valence-electron chi connectivity index (χ0n) is 70.3. The summed E-state index contributed by atoms with van der Waals surface area (Å²) in [5.41, 5.74) is 10.4. The van der Waals surface area contributed by atoms with Crippen molar-refractivity contribution in [2.45, 2.75) is 283 Å². The quantitative estimate of drug-likeness (QED) is 0.0328. The Balaban J connectivity index is 0.000000233. The van der Waals surface area contributed by atoms with Crippen LogP contribution in [-0.4, -0.2) is 172 Å². The molecule has 3 aliphatic rings. The minimum atomic E-state index is -0.796. The first-order valence-electron chi connectivity index (χ1n) is 39.3. The number of carbonyl (C=O) groups excluding carboxylic acids is 9. The highest BCUT2D eigenvalue weighted by Crippen LogP contribution is 2.36. The summed E-state index contributed by atoms with van der Waals surface area (Å²) < 4.78 is 5.44. The van der Waals surface area contributed by atoms with Crippen LogP contribution in [0, 0.1) is 53.3 Å². The molecule has 3 aromatic carbocycles. The van der Waals surface area contributed by atoms with Gasteiger partial charge in [-0.25, -0.2) is 15.0 Å². The Bertz CT molecular complexity index is 4040. The van der Waals surface area contributed by atoms with Crippen molar-refractivity contribution in [1.29, 1.82) is 0 Å². The summed E-state index contributed by atoms with van der Waals surface area (Å²) in [5.74, 6) is -1.09. The van der Waals surface area contributed by atoms with Crippen LogP contribution in [0.4, 0.5) is 0 Å². The molecule has 24 heteroatoms. The van der Waals surface area contributed by atoms with Crippen LogP contribution in [0.25, 0.3) is 32.2 Å². The van der Waals surface area contributed by atoms with E-state index < -0.39 is 70.8 Å². The van der Waals surface area contributed by atoms with Gasteiger partial charge in [0.05, 0.1) is 74.3 Å². The van der Waals surface area contributed by atoms with Gasteiger partial charge < -0.3 is 50.4 Å². The third-order valence-electron chi connectivity index (χ3n) is 20.4. The van der Waals surface area contributed by atoms with Gasteiger partial charge in [0.1, 0.15) is 18.1 Å². The van der Waals surface area contributed by atoms with E-state index in [1.165, 1.54) is 21.1 Å². The van der Waals surface area contributed by atoms with E-state index in [-0.39, 0.29) is 146 Å². The third-order valence-corrected chi connectivity index (χ3v) is 22.3. The van der Waals surface area contributed by atoms with Crippen LogP contribution in [-0.2, 0) is 56.0 Å². The molecule has 9 rings (SSSR count). The predicted octanol–water partition coefficient (Wildman–Crippen LogP) is 13.7. The van der Waals surface area contributed by atoms with Gasteiger partial charge in [0.15, 0.2) is 29.5 Å². The van der Waals surface area contributed by atoms with Crippen LogP contribution in [0.2, 0.25) is 0 Å². The number of hydrogen-bond donors (Lipinski definition) is 6. The summed E-state index contributed by atoms with van der Waals surface area (Å²) in [5, 5.41) is 39.9. The molecule has 0 saturated carbocycles. The number of β-amino-alcohol motifs (C(OH)–C–C–N with tert-alkyl or cyclic N) is 3. The van der Waals surface area contributed by atoms with Crippen molar-refractivity contribution in [3.8, 4) is 32.2 Å². The monoisotopic (exact) mass is 1580 g/mol. The standard InChI is InChI=1S/C30H43N3O4S.C29H41N3O5.C29H41N3O4S/c1-18(20-9-11-21(12-10-20)26-19(2)31-17-38-26)13-24(35)23-14-22(34)16-33(23)28(37)27(30(6,7)8)32-25(36)15-29(3,4)5;2*1-18-25(37-17-30-18)20-11-8-19(9-12-20)10-13-23(34)22-14-21(33)16-32(22)27(36)26(29(5,6)7)31-24(35)15-28(2,3)4/h9-12,17-18,22-23,27,34H,13-16H2,1-8H3,(H,32,36);2*8-9,11-12,17,21-22,26,33H,10,13-16H2,1-7H3,(H,31,35). The van der Waals surface area contributed by atoms with Crippen molar-refractivity contribution in [3.63, 3.8) is 0 Å². The smallest absolute Gasteiger partial charge is 0.246 e. The molecular formula is C88H125N9O13S2. The highest BCUT2D eigenvalue weighted by molar-refractivity contribution is 7.13. The molecule has 612 valence electrons. The number of amides is 6. The topological polar surface area (TPSA) is 312 Å². The summed E-state index contributed by atoms with van der Waals surface area (Å²) in [6.45, 7) is 42.9. The Morgan fingerprint density at radius 2 is 0.759 bits per heavy atom. The number of oxazole rings is 1. The van der Waals surface area contributed by atoms with E-state index in [2.05, 4.69) is 43.0 Å². The lowest BCUT2D eigenvalue weighted by atomic mass is 9.84. The Morgan fingerprint density at radius 3 is 1.04 bits per heavy atom. The number of benzene rings is 3. The number of thiazole rings is 2. The maximum absolute atomic E-state index is 13.7. The molecule has 6 heterocycles. The molecule has 22 nitrogen and oxygen atoms in total. The van der Waals surface area contributed by atoms with Gasteiger partial charge in [-0.1, -0.05) is 204 Å². The fourth-order valence-corrected chi connectivity index (χ4v) is 16.0. The van der Waals surface area contributed by atoms with Gasteiger partial charge in [-0.15, -0.1) is 22.7 Å². The first-order valence-corrected chi connectivity index (χ1v) is 41.0. The minimum Gasteiger partial charge on any atom is -0.443 e. The van der Waals surface area contributed by atoms with E-state index in [1.54, 1.807) is 22.7 Å². The molecule has 10 atom stereocenters. The normalized spacial score (nSPS) is 19.3. The second-order valence-electron chi connectivity index (χ2n) is 37.8. The second kappa shape index (κ2) is 37.9. The van der Waals surface area contributed by atoms with Crippen LogP contribution in [0.3, 0.4) is 0 Å². The van der Waals surface area contributed by atoms with Crippen LogP contribution in [0.1, 0.15) is 229 Å². The Labute approximate surface area is 671 Å². The summed E-state index contributed by atoms with van der Waals surface area (Å²) in [6.07, 6.45) is 2.49. The highest BCUT2D eigenvalue weighted by Gasteiger charge is 2.48. The number of Topliss-reactive ketones (excluding diaryl/α,β-unsaturated/α-hetero) is 3. The predicted molar refractivity (Wildman–Crippen MR) is 441 cm³/mol. The van der Waals surface area contributed by atoms with E-state index in [9.17, 15) is 58.5 Å². The largest absolute Gasteiger partial charge is 0.443 e. The minimum absolute atomic E-state index is 0.0429. The lowest BCUT2D eigenvalue weighted by Crippen LogP contribution is -2.57. The van der Waals surface area contributed by atoms with Crippen molar-refractivity contribution >= 4 is 75.5 Å². The van der Waals surface area contributed by atoms with Gasteiger partial charge in [0.25, 0.3) is 0 Å². The fraction of sp³-hybridized carbons (Fsp3) is 0.591. The van der Waals surface area contributed by atoms with Gasteiger partial charge >= 0.3 is 0 Å². The number of aliphatic hydroxyl groups is 3. The number of rotatable bonds is 24. The molecule has 3 aromatic heterocycles. The van der Waals surface area contributed by atoms with Crippen LogP contribution >= 0.6 is 22.7 Å². The average Bonchev–Trinajstić information content (AvgIpc) is 1.59. The number of ketones is 3. The molecule has 0 aliphatic carbocycles. The molecule has 3 aliphatic heterocycles. The van der Waals surface area contributed by atoms with Gasteiger partial charge in [-0.2, -0.15) is 0 Å². The molecule has 3 saturated heterocycles. The van der Waals surface area contributed by atoms with Gasteiger partial charge in [-0.3, -0.25) is 43.2 Å². The highest BCUT2D eigenvalue weighted by atomic mass is 32.1. The van der Waals surface area contributed by atoms with Crippen molar-refractivity contribution in [1.82, 2.24) is 45.6 Å². The van der Waals surface area contributed by atoms with E-state index in [0.717, 1.165) is 66.0 Å². The number of aryl methyl sites for hydroxylation is 5. The molecular weight excluding hydrogens is 1460 g/mol. The number of nitrogens with one attached hydrogen (secondary N) is 3. The summed E-state index contributed by atoms with van der Waals surface area (Å²) in [7, 11) is 0. The lowest BCUT2D eigenvalue weighted by molar-refractivity contribution is -0.143. The van der Waals surface area contributed by atoms with Gasteiger partial charge in [0, 0.05) is 83.0 Å². The number of carbonyl (C=O) groups is 9. The number of aromatic nitrogens is 3. The number of nitrogens with zero attached hydrogens (tertiary/aromatic N) is 6. The number of likely N-dealkylation sites (tertiary alicyclic amines) is 3. The van der Waals surface area contributed by atoms with Crippen LogP contribution in [0.15, 0.2) is 94.6 Å². The van der Waals surface area contributed by atoms with Gasteiger partial charge in [0.2, 0.25) is 35.4 Å². The molecule has 112 heavy (non-hydrogen) atoms. The Kier molecular flexibility index (Phi) is 30.8.